The van der Waals surface area contributed by atoms with Gasteiger partial charge in [0.1, 0.15) is 0 Å². The lowest BCUT2D eigenvalue weighted by Crippen LogP contribution is -2.35. The Morgan fingerprint density at radius 1 is 1.61 bits per heavy atom. The van der Waals surface area contributed by atoms with E-state index in [4.69, 9.17) is 17.3 Å². The number of fused-ring (bicyclic) bond motifs is 1. The fraction of sp³-hybridized carbons (Fsp3) is 0.273. The molecule has 0 fully saturated rings. The zero-order valence-electron chi connectivity index (χ0n) is 9.65. The normalized spacial score (nSPS) is 24.9. The number of halogens is 2. The highest BCUT2D eigenvalue weighted by Crippen LogP contribution is 2.53. The monoisotopic (exact) mass is 290 g/mol. The number of benzene rings is 1. The third kappa shape index (κ3) is 1.45. The molecule has 18 heavy (non-hydrogen) atoms. The van der Waals surface area contributed by atoms with Crippen molar-refractivity contribution in [3.63, 3.8) is 0 Å². The van der Waals surface area contributed by atoms with Gasteiger partial charge in [-0.05, 0) is 19.1 Å². The number of nitrogens with two attached hydrogens (primary N) is 1. The van der Waals surface area contributed by atoms with E-state index < -0.39 is 15.0 Å². The third-order valence-electron chi connectivity index (χ3n) is 2.92. The molecule has 98 valence electrons. The highest BCUT2D eigenvalue weighted by Gasteiger charge is 2.55. The van der Waals surface area contributed by atoms with Crippen LogP contribution >= 0.6 is 11.6 Å². The minimum absolute atomic E-state index is 0.0411. The molecule has 2 N–H and O–H groups in total. The molecule has 2 rings (SSSR count). The van der Waals surface area contributed by atoms with E-state index >= 15 is 0 Å². The summed E-state index contributed by atoms with van der Waals surface area (Å²) in [5.74, 6) is 0. The van der Waals surface area contributed by atoms with E-state index in [2.05, 4.69) is 6.58 Å². The highest BCUT2D eigenvalue weighted by atomic mass is 35.5. The molecular weight excluding hydrogens is 279 g/mol. The number of anilines is 2. The van der Waals surface area contributed by atoms with Crippen LogP contribution in [0.15, 0.2) is 24.8 Å². The van der Waals surface area contributed by atoms with Crippen LogP contribution in [0.25, 0.3) is 0 Å². The molecule has 1 aliphatic heterocycles. The van der Waals surface area contributed by atoms with E-state index in [1.54, 1.807) is 0 Å². The molecule has 0 amide bonds. The van der Waals surface area contributed by atoms with E-state index in [0.29, 0.717) is 0 Å². The molecule has 0 spiro atoms. The second-order valence-electron chi connectivity index (χ2n) is 4.10. The van der Waals surface area contributed by atoms with Crippen LogP contribution < -0.4 is 10.0 Å². The molecule has 1 atom stereocenters. The Kier molecular flexibility index (Phi) is 2.82. The molecule has 1 aromatic rings. The number of nitrogen functional groups attached to an aromatic ring is 1. The van der Waals surface area contributed by atoms with Crippen molar-refractivity contribution in [3.05, 3.63) is 35.4 Å². The number of alkyl halides is 1. The van der Waals surface area contributed by atoms with Gasteiger partial charge >= 0.3 is 0 Å². The van der Waals surface area contributed by atoms with Crippen molar-refractivity contribution in [1.29, 1.82) is 0 Å². The zero-order chi connectivity index (χ0) is 13.7. The number of hydrogen-bond acceptors (Lipinski definition) is 3. The molecule has 0 radical (unpaired) electrons. The second-order valence-corrected chi connectivity index (χ2v) is 6.67. The second kappa shape index (κ2) is 3.86. The summed E-state index contributed by atoms with van der Waals surface area (Å²) in [5.41, 5.74) is 5.90. The van der Waals surface area contributed by atoms with Crippen molar-refractivity contribution in [1.82, 2.24) is 0 Å². The number of sulfonamides is 1. The lowest BCUT2D eigenvalue weighted by Gasteiger charge is -2.19. The average molecular weight is 291 g/mol. The van der Waals surface area contributed by atoms with Crippen LogP contribution in [0.2, 0.25) is 5.02 Å². The maximum Gasteiger partial charge on any atom is 0.275 e. The molecule has 4 nitrogen and oxygen atoms in total. The van der Waals surface area contributed by atoms with Gasteiger partial charge in [0.25, 0.3) is 15.0 Å². The lowest BCUT2D eigenvalue weighted by molar-refractivity contribution is 0.305. The lowest BCUT2D eigenvalue weighted by atomic mass is 10.1. The van der Waals surface area contributed by atoms with Gasteiger partial charge in [-0.2, -0.15) is 0 Å². The first kappa shape index (κ1) is 13.2. The van der Waals surface area contributed by atoms with Gasteiger partial charge < -0.3 is 5.73 Å². The molecule has 0 saturated heterocycles. The van der Waals surface area contributed by atoms with E-state index in [-0.39, 0.29) is 28.5 Å². The molecule has 1 unspecified atom stereocenters. The van der Waals surface area contributed by atoms with Crippen LogP contribution in [-0.4, -0.2) is 15.0 Å². The van der Waals surface area contributed by atoms with Gasteiger partial charge in [0.15, 0.2) is 0 Å². The minimum Gasteiger partial charge on any atom is -0.397 e. The highest BCUT2D eigenvalue weighted by molar-refractivity contribution is 7.94. The van der Waals surface area contributed by atoms with E-state index in [1.807, 2.05) is 0 Å². The van der Waals surface area contributed by atoms with E-state index in [0.717, 1.165) is 11.2 Å². The Morgan fingerprint density at radius 2 is 2.22 bits per heavy atom. The largest absolute Gasteiger partial charge is 0.397 e. The van der Waals surface area contributed by atoms with Crippen LogP contribution in [0.1, 0.15) is 12.5 Å². The fourth-order valence-corrected chi connectivity index (χ4v) is 4.04. The van der Waals surface area contributed by atoms with Crippen molar-refractivity contribution in [3.8, 4) is 0 Å². The third-order valence-corrected chi connectivity index (χ3v) is 5.32. The summed E-state index contributed by atoms with van der Waals surface area (Å²) in [5, 5.41) is -2.54. The topological polar surface area (TPSA) is 63.4 Å². The van der Waals surface area contributed by atoms with Gasteiger partial charge in [-0.3, -0.25) is 4.31 Å². The van der Waals surface area contributed by atoms with Crippen molar-refractivity contribution >= 4 is 33.0 Å². The molecule has 0 saturated carbocycles. The zero-order valence-corrected chi connectivity index (χ0v) is 11.2. The van der Waals surface area contributed by atoms with Crippen LogP contribution in [-0.2, 0) is 15.0 Å². The first-order valence-electron chi connectivity index (χ1n) is 5.15. The predicted molar refractivity (Wildman–Crippen MR) is 70.8 cm³/mol. The SMILES string of the molecule is C=CCN1c2c(N)ccc(Cl)c2C(C)(F)S1(=O)=O. The van der Waals surface area contributed by atoms with Crippen molar-refractivity contribution in [2.24, 2.45) is 0 Å². The van der Waals surface area contributed by atoms with Crippen LogP contribution in [0.4, 0.5) is 15.8 Å². The fourth-order valence-electron chi connectivity index (χ4n) is 2.04. The molecule has 0 bridgehead atoms. The first-order valence-corrected chi connectivity index (χ1v) is 6.97. The summed E-state index contributed by atoms with van der Waals surface area (Å²) in [4.78, 5) is 0. The molecule has 7 heteroatoms. The summed E-state index contributed by atoms with van der Waals surface area (Å²) < 4.78 is 39.8. The summed E-state index contributed by atoms with van der Waals surface area (Å²) in [6, 6.07) is 2.84. The average Bonchev–Trinajstić information content (AvgIpc) is 2.43. The molecular formula is C11H12ClFN2O2S. The standard InChI is InChI=1S/C11H12ClFN2O2S/c1-3-6-15-10-8(14)5-4-7(12)9(10)11(2,13)18(15,16)17/h3-5H,1,6,14H2,2H3. The summed E-state index contributed by atoms with van der Waals surface area (Å²) in [7, 11) is -4.20. The maximum absolute atomic E-state index is 14.6. The van der Waals surface area contributed by atoms with Crippen molar-refractivity contribution < 1.29 is 12.8 Å². The Balaban J connectivity index is 2.86. The summed E-state index contributed by atoms with van der Waals surface area (Å²) in [6.07, 6.45) is 1.36. The Hall–Kier alpha value is -1.27. The van der Waals surface area contributed by atoms with Crippen LogP contribution in [0, 0.1) is 0 Å². The predicted octanol–water partition coefficient (Wildman–Crippen LogP) is 2.40. The Bertz CT molecular complexity index is 628. The molecule has 0 aromatic heterocycles. The Morgan fingerprint density at radius 3 is 2.78 bits per heavy atom. The minimum atomic E-state index is -4.20. The van der Waals surface area contributed by atoms with Gasteiger partial charge in [0.2, 0.25) is 0 Å². The van der Waals surface area contributed by atoms with Crippen LogP contribution in [0.5, 0.6) is 0 Å². The van der Waals surface area contributed by atoms with Gasteiger partial charge in [-0.15, -0.1) is 6.58 Å². The maximum atomic E-state index is 14.6. The van der Waals surface area contributed by atoms with Gasteiger partial charge in [-0.1, -0.05) is 17.7 Å². The Labute approximate surface area is 110 Å². The van der Waals surface area contributed by atoms with Crippen LogP contribution in [0.3, 0.4) is 0 Å². The van der Waals surface area contributed by atoms with Gasteiger partial charge in [0, 0.05) is 0 Å². The summed E-state index contributed by atoms with van der Waals surface area (Å²) in [6.45, 7) is 4.37. The van der Waals surface area contributed by atoms with E-state index in [1.165, 1.54) is 18.2 Å². The first-order chi connectivity index (χ1) is 8.25. The molecule has 1 aromatic carbocycles. The number of rotatable bonds is 2. The quantitative estimate of drug-likeness (QED) is 0.672. The molecule has 1 heterocycles. The van der Waals surface area contributed by atoms with Crippen molar-refractivity contribution in [2.45, 2.75) is 11.9 Å². The number of hydrogen-bond donors (Lipinski definition) is 1. The molecule has 0 aliphatic carbocycles. The number of nitrogens with zero attached hydrogens (tertiary/aromatic N) is 1. The summed E-state index contributed by atoms with van der Waals surface area (Å²) >= 11 is 5.91. The van der Waals surface area contributed by atoms with Crippen molar-refractivity contribution in [2.75, 3.05) is 16.6 Å². The molecule has 1 aliphatic rings. The van der Waals surface area contributed by atoms with Gasteiger partial charge in [0.05, 0.1) is 28.5 Å². The van der Waals surface area contributed by atoms with E-state index in [9.17, 15) is 12.8 Å². The van der Waals surface area contributed by atoms with Gasteiger partial charge in [-0.25, -0.2) is 12.8 Å². The smallest absolute Gasteiger partial charge is 0.275 e.